The predicted molar refractivity (Wildman–Crippen MR) is 112 cm³/mol. The molecule has 3 rings (SSSR count). The van der Waals surface area contributed by atoms with E-state index < -0.39 is 5.97 Å². The van der Waals surface area contributed by atoms with E-state index >= 15 is 0 Å². The van der Waals surface area contributed by atoms with E-state index in [9.17, 15) is 14.4 Å². The van der Waals surface area contributed by atoms with Crippen molar-refractivity contribution in [1.82, 2.24) is 14.5 Å². The van der Waals surface area contributed by atoms with E-state index in [2.05, 4.69) is 25.7 Å². The molecule has 0 N–H and O–H groups in total. The quantitative estimate of drug-likeness (QED) is 0.509. The molecule has 0 bridgehead atoms. The fourth-order valence-electron chi connectivity index (χ4n) is 2.91. The second-order valence-electron chi connectivity index (χ2n) is 6.47. The third-order valence-electron chi connectivity index (χ3n) is 4.47. The Morgan fingerprint density at radius 2 is 1.93 bits per heavy atom. The van der Waals surface area contributed by atoms with Gasteiger partial charge in [-0.3, -0.25) is 19.0 Å². The van der Waals surface area contributed by atoms with Crippen LogP contribution >= 0.6 is 15.9 Å². The van der Waals surface area contributed by atoms with Gasteiger partial charge in [0.1, 0.15) is 6.54 Å². The zero-order valence-corrected chi connectivity index (χ0v) is 17.5. The molecule has 8 heteroatoms. The Morgan fingerprint density at radius 3 is 2.66 bits per heavy atom. The molecular weight excluding hydrogens is 438 g/mol. The molecule has 1 aromatic heterocycles. The highest BCUT2D eigenvalue weighted by molar-refractivity contribution is 9.10. The first-order valence-corrected chi connectivity index (χ1v) is 9.80. The van der Waals surface area contributed by atoms with Gasteiger partial charge in [-0.1, -0.05) is 46.3 Å². The summed E-state index contributed by atoms with van der Waals surface area (Å²) in [5, 5.41) is 0.429. The number of ether oxygens (including phenoxy) is 1. The van der Waals surface area contributed by atoms with Crippen LogP contribution in [0.3, 0.4) is 0 Å². The summed E-state index contributed by atoms with van der Waals surface area (Å²) in [4.78, 5) is 43.1. The fraction of sp³-hybridized carbons (Fsp3) is 0.238. The molecule has 3 aromatic rings. The standard InChI is InChI=1S/C21H20BrN3O4/c1-29-20(27)9-10-24(12-15-5-3-2-4-6-15)19(26)13-25-14-23-18-8-7-16(22)11-17(18)21(25)28/h2-8,11,14H,9-10,12-13H2,1H3. The van der Waals surface area contributed by atoms with Crippen molar-refractivity contribution in [3.05, 3.63) is 75.2 Å². The van der Waals surface area contributed by atoms with Crippen molar-refractivity contribution in [3.63, 3.8) is 0 Å². The maximum atomic E-state index is 13.0. The number of hydrogen-bond donors (Lipinski definition) is 0. The van der Waals surface area contributed by atoms with E-state index in [1.807, 2.05) is 30.3 Å². The first-order chi connectivity index (χ1) is 14.0. The maximum absolute atomic E-state index is 13.0. The van der Waals surface area contributed by atoms with Crippen molar-refractivity contribution in [2.45, 2.75) is 19.5 Å². The van der Waals surface area contributed by atoms with E-state index in [1.54, 1.807) is 23.1 Å². The van der Waals surface area contributed by atoms with Gasteiger partial charge in [0.2, 0.25) is 5.91 Å². The molecule has 0 atom stereocenters. The topological polar surface area (TPSA) is 81.5 Å². The van der Waals surface area contributed by atoms with Crippen LogP contribution in [0.25, 0.3) is 10.9 Å². The summed E-state index contributed by atoms with van der Waals surface area (Å²) in [6.07, 6.45) is 1.45. The minimum absolute atomic E-state index is 0.0763. The first kappa shape index (κ1) is 20.7. The molecule has 2 aromatic carbocycles. The van der Waals surface area contributed by atoms with Gasteiger partial charge in [0, 0.05) is 17.6 Å². The highest BCUT2D eigenvalue weighted by atomic mass is 79.9. The van der Waals surface area contributed by atoms with Crippen molar-refractivity contribution in [2.75, 3.05) is 13.7 Å². The number of fused-ring (bicyclic) bond motifs is 1. The number of esters is 1. The summed E-state index contributed by atoms with van der Waals surface area (Å²) < 4.78 is 6.73. The second-order valence-corrected chi connectivity index (χ2v) is 7.38. The normalized spacial score (nSPS) is 10.7. The van der Waals surface area contributed by atoms with E-state index in [-0.39, 0.29) is 31.0 Å². The second kappa shape index (κ2) is 9.47. The van der Waals surface area contributed by atoms with Crippen LogP contribution in [-0.4, -0.2) is 40.0 Å². The highest BCUT2D eigenvalue weighted by Gasteiger charge is 2.17. The van der Waals surface area contributed by atoms with Gasteiger partial charge in [0.05, 0.1) is 30.8 Å². The van der Waals surface area contributed by atoms with Crippen LogP contribution in [0.5, 0.6) is 0 Å². The number of amides is 1. The lowest BCUT2D eigenvalue weighted by molar-refractivity contribution is -0.142. The van der Waals surface area contributed by atoms with Crippen molar-refractivity contribution < 1.29 is 14.3 Å². The molecule has 1 heterocycles. The molecule has 0 fully saturated rings. The van der Waals surface area contributed by atoms with Crippen molar-refractivity contribution in [1.29, 1.82) is 0 Å². The van der Waals surface area contributed by atoms with E-state index in [4.69, 9.17) is 0 Å². The summed E-state index contributed by atoms with van der Waals surface area (Å²) in [6, 6.07) is 14.7. The monoisotopic (exact) mass is 457 g/mol. The average Bonchev–Trinajstić information content (AvgIpc) is 2.73. The third-order valence-corrected chi connectivity index (χ3v) is 4.97. The lowest BCUT2D eigenvalue weighted by Gasteiger charge is -2.23. The van der Waals surface area contributed by atoms with E-state index in [0.717, 1.165) is 10.0 Å². The number of hydrogen-bond acceptors (Lipinski definition) is 5. The lowest BCUT2D eigenvalue weighted by atomic mass is 10.2. The number of rotatable bonds is 7. The first-order valence-electron chi connectivity index (χ1n) is 9.01. The van der Waals surface area contributed by atoms with Crippen molar-refractivity contribution in [3.8, 4) is 0 Å². The molecule has 29 heavy (non-hydrogen) atoms. The Bertz CT molecular complexity index is 1080. The molecule has 0 spiro atoms. The Hall–Kier alpha value is -3.00. The van der Waals surface area contributed by atoms with Gasteiger partial charge in [0.15, 0.2) is 0 Å². The molecule has 0 saturated heterocycles. The zero-order valence-electron chi connectivity index (χ0n) is 15.9. The van der Waals surface area contributed by atoms with Gasteiger partial charge < -0.3 is 9.64 Å². The van der Waals surface area contributed by atoms with Crippen LogP contribution in [0.2, 0.25) is 0 Å². The number of carbonyl (C=O) groups is 2. The molecule has 0 aliphatic carbocycles. The van der Waals surface area contributed by atoms with Crippen molar-refractivity contribution >= 4 is 38.7 Å². The zero-order chi connectivity index (χ0) is 20.8. The summed E-state index contributed by atoms with van der Waals surface area (Å²) >= 11 is 3.35. The number of benzene rings is 2. The molecule has 0 aliphatic rings. The molecule has 0 saturated carbocycles. The molecule has 0 unspecified atom stereocenters. The minimum atomic E-state index is -0.398. The Morgan fingerprint density at radius 1 is 1.17 bits per heavy atom. The van der Waals surface area contributed by atoms with Crippen LogP contribution in [0.15, 0.2) is 64.1 Å². The van der Waals surface area contributed by atoms with Crippen LogP contribution in [-0.2, 0) is 27.4 Å². The smallest absolute Gasteiger partial charge is 0.307 e. The largest absolute Gasteiger partial charge is 0.469 e. The third kappa shape index (κ3) is 5.29. The van der Waals surface area contributed by atoms with Crippen LogP contribution in [0.4, 0.5) is 0 Å². The maximum Gasteiger partial charge on any atom is 0.307 e. The van der Waals surface area contributed by atoms with Gasteiger partial charge in [-0.15, -0.1) is 0 Å². The molecule has 0 aliphatic heterocycles. The molecular formula is C21H20BrN3O4. The molecule has 150 valence electrons. The molecule has 7 nitrogen and oxygen atoms in total. The number of methoxy groups -OCH3 is 1. The van der Waals surface area contributed by atoms with Gasteiger partial charge in [0.25, 0.3) is 5.56 Å². The SMILES string of the molecule is COC(=O)CCN(Cc1ccccc1)C(=O)Cn1cnc2ccc(Br)cc2c1=O. The average molecular weight is 458 g/mol. The van der Waals surface area contributed by atoms with Crippen LogP contribution < -0.4 is 5.56 Å². The van der Waals surface area contributed by atoms with Gasteiger partial charge >= 0.3 is 5.97 Å². The Kier molecular flexibility index (Phi) is 6.77. The highest BCUT2D eigenvalue weighted by Crippen LogP contribution is 2.15. The number of carbonyl (C=O) groups excluding carboxylic acids is 2. The van der Waals surface area contributed by atoms with E-state index in [1.165, 1.54) is 18.0 Å². The fourth-order valence-corrected chi connectivity index (χ4v) is 3.27. The number of halogens is 1. The van der Waals surface area contributed by atoms with Gasteiger partial charge in [-0.05, 0) is 23.8 Å². The summed E-state index contributed by atoms with van der Waals surface area (Å²) in [7, 11) is 1.31. The summed E-state index contributed by atoms with van der Waals surface area (Å²) in [5.74, 6) is -0.679. The van der Waals surface area contributed by atoms with Crippen LogP contribution in [0.1, 0.15) is 12.0 Å². The molecule has 0 radical (unpaired) electrons. The summed E-state index contributed by atoms with van der Waals surface area (Å²) in [6.45, 7) is 0.363. The van der Waals surface area contributed by atoms with Gasteiger partial charge in [-0.2, -0.15) is 0 Å². The minimum Gasteiger partial charge on any atom is -0.469 e. The van der Waals surface area contributed by atoms with E-state index in [0.29, 0.717) is 17.4 Å². The lowest BCUT2D eigenvalue weighted by Crippen LogP contribution is -2.37. The Labute approximate surface area is 176 Å². The van der Waals surface area contributed by atoms with Crippen LogP contribution in [0, 0.1) is 0 Å². The van der Waals surface area contributed by atoms with Gasteiger partial charge in [-0.25, -0.2) is 4.98 Å². The Balaban J connectivity index is 1.83. The summed E-state index contributed by atoms with van der Waals surface area (Å²) in [5.41, 5.74) is 1.20. The number of aromatic nitrogens is 2. The predicted octanol–water partition coefficient (Wildman–Crippen LogP) is 2.75. The number of nitrogens with zero attached hydrogens (tertiary/aromatic N) is 3. The molecule has 1 amide bonds. The van der Waals surface area contributed by atoms with Crippen molar-refractivity contribution in [2.24, 2.45) is 0 Å².